The van der Waals surface area contributed by atoms with Crippen LogP contribution in [-0.4, -0.2) is 37.2 Å². The number of benzene rings is 1. The number of nitrogens with one attached hydrogen (secondary N) is 1. The summed E-state index contributed by atoms with van der Waals surface area (Å²) in [6.07, 6.45) is 0.289. The average molecular weight is 287 g/mol. The fraction of sp³-hybridized carbons (Fsp3) is 0.417. The SMILES string of the molecule is Cc1ccc(C(=O)O)cc1S(=O)(=O)NC(C)CCO. The van der Waals surface area contributed by atoms with Crippen LogP contribution in [0.2, 0.25) is 0 Å². The van der Waals surface area contributed by atoms with E-state index in [2.05, 4.69) is 4.72 Å². The number of carbonyl (C=O) groups is 1. The highest BCUT2D eigenvalue weighted by atomic mass is 32.2. The predicted molar refractivity (Wildman–Crippen MR) is 69.6 cm³/mol. The maximum Gasteiger partial charge on any atom is 0.335 e. The summed E-state index contributed by atoms with van der Waals surface area (Å²) in [5.41, 5.74) is 0.384. The van der Waals surface area contributed by atoms with Crippen LogP contribution in [-0.2, 0) is 10.0 Å². The molecule has 1 rings (SSSR count). The highest BCUT2D eigenvalue weighted by molar-refractivity contribution is 7.89. The summed E-state index contributed by atoms with van der Waals surface area (Å²) in [4.78, 5) is 10.8. The van der Waals surface area contributed by atoms with Crippen molar-refractivity contribution in [3.05, 3.63) is 29.3 Å². The smallest absolute Gasteiger partial charge is 0.335 e. The maximum absolute atomic E-state index is 12.1. The molecule has 0 radical (unpaired) electrons. The van der Waals surface area contributed by atoms with Gasteiger partial charge < -0.3 is 10.2 Å². The number of carboxylic acid groups (broad SMARTS) is 1. The predicted octanol–water partition coefficient (Wildman–Crippen LogP) is 0.742. The maximum atomic E-state index is 12.1. The molecule has 0 aliphatic carbocycles. The van der Waals surface area contributed by atoms with E-state index in [0.717, 1.165) is 6.07 Å². The normalized spacial score (nSPS) is 13.2. The molecule has 0 aliphatic heterocycles. The Labute approximate surface area is 112 Å². The summed E-state index contributed by atoms with van der Waals surface area (Å²) >= 11 is 0. The highest BCUT2D eigenvalue weighted by Crippen LogP contribution is 2.17. The average Bonchev–Trinajstić information content (AvgIpc) is 2.28. The summed E-state index contributed by atoms with van der Waals surface area (Å²) in [6, 6.07) is 3.51. The van der Waals surface area contributed by atoms with Gasteiger partial charge in [-0.15, -0.1) is 0 Å². The molecule has 0 aromatic heterocycles. The lowest BCUT2D eigenvalue weighted by Crippen LogP contribution is -2.33. The van der Waals surface area contributed by atoms with Crippen molar-refractivity contribution < 1.29 is 23.4 Å². The molecule has 19 heavy (non-hydrogen) atoms. The zero-order valence-corrected chi connectivity index (χ0v) is 11.6. The standard InChI is InChI=1S/C12H17NO5S/c1-8-3-4-10(12(15)16)7-11(8)19(17,18)13-9(2)5-6-14/h3-4,7,9,13-14H,5-6H2,1-2H3,(H,15,16). The van der Waals surface area contributed by atoms with Gasteiger partial charge in [0.1, 0.15) is 0 Å². The van der Waals surface area contributed by atoms with Crippen molar-refractivity contribution in [2.75, 3.05) is 6.61 Å². The molecule has 0 fully saturated rings. The van der Waals surface area contributed by atoms with Crippen molar-refractivity contribution in [3.8, 4) is 0 Å². The molecule has 0 amide bonds. The molecule has 3 N–H and O–H groups in total. The van der Waals surface area contributed by atoms with Gasteiger partial charge in [0.15, 0.2) is 0 Å². The van der Waals surface area contributed by atoms with Gasteiger partial charge in [-0.2, -0.15) is 0 Å². The highest BCUT2D eigenvalue weighted by Gasteiger charge is 2.20. The minimum Gasteiger partial charge on any atom is -0.478 e. The van der Waals surface area contributed by atoms with Crippen LogP contribution in [0.25, 0.3) is 0 Å². The van der Waals surface area contributed by atoms with E-state index in [4.69, 9.17) is 10.2 Å². The summed E-state index contributed by atoms with van der Waals surface area (Å²) in [7, 11) is -3.79. The number of hydrogen-bond donors (Lipinski definition) is 3. The van der Waals surface area contributed by atoms with Gasteiger partial charge in [0, 0.05) is 12.6 Å². The van der Waals surface area contributed by atoms with E-state index in [0.29, 0.717) is 5.56 Å². The molecule has 106 valence electrons. The molecule has 1 aromatic carbocycles. The number of hydrogen-bond acceptors (Lipinski definition) is 4. The van der Waals surface area contributed by atoms with E-state index < -0.39 is 22.0 Å². The van der Waals surface area contributed by atoms with E-state index in [1.807, 2.05) is 0 Å². The van der Waals surface area contributed by atoms with Crippen LogP contribution in [0.1, 0.15) is 29.3 Å². The first-order valence-electron chi connectivity index (χ1n) is 5.75. The molecule has 0 spiro atoms. The van der Waals surface area contributed by atoms with Gasteiger partial charge in [0.25, 0.3) is 0 Å². The van der Waals surface area contributed by atoms with Gasteiger partial charge in [0.05, 0.1) is 10.5 Å². The van der Waals surface area contributed by atoms with Crippen molar-refractivity contribution in [2.24, 2.45) is 0 Å². The third kappa shape index (κ3) is 4.02. The first-order chi connectivity index (χ1) is 8.77. The van der Waals surface area contributed by atoms with Crippen molar-refractivity contribution in [2.45, 2.75) is 31.2 Å². The van der Waals surface area contributed by atoms with Crippen molar-refractivity contribution in [1.29, 1.82) is 0 Å². The van der Waals surface area contributed by atoms with E-state index in [1.165, 1.54) is 12.1 Å². The van der Waals surface area contributed by atoms with E-state index in [9.17, 15) is 13.2 Å². The molecule has 6 nitrogen and oxygen atoms in total. The lowest BCUT2D eigenvalue weighted by Gasteiger charge is -2.14. The quantitative estimate of drug-likeness (QED) is 0.716. The van der Waals surface area contributed by atoms with Gasteiger partial charge in [0.2, 0.25) is 10.0 Å². The molecule has 1 atom stereocenters. The number of rotatable bonds is 6. The molecule has 1 unspecified atom stereocenters. The number of carboxylic acids is 1. The van der Waals surface area contributed by atoms with E-state index in [-0.39, 0.29) is 23.5 Å². The van der Waals surface area contributed by atoms with E-state index in [1.54, 1.807) is 13.8 Å². The minimum absolute atomic E-state index is 0.0582. The molecule has 7 heteroatoms. The Hall–Kier alpha value is -1.44. The third-order valence-corrected chi connectivity index (χ3v) is 4.37. The number of aromatic carboxylic acids is 1. The second-order valence-electron chi connectivity index (χ2n) is 4.32. The summed E-state index contributed by atoms with van der Waals surface area (Å²) in [5.74, 6) is -1.18. The van der Waals surface area contributed by atoms with Gasteiger partial charge in [-0.05, 0) is 38.0 Å². The van der Waals surface area contributed by atoms with Crippen LogP contribution >= 0.6 is 0 Å². The number of aryl methyl sites for hydroxylation is 1. The monoisotopic (exact) mass is 287 g/mol. The Kier molecular flexibility index (Phi) is 5.04. The fourth-order valence-electron chi connectivity index (χ4n) is 1.60. The zero-order valence-electron chi connectivity index (χ0n) is 10.8. The van der Waals surface area contributed by atoms with Gasteiger partial charge in [-0.3, -0.25) is 0 Å². The molecule has 0 aliphatic rings. The van der Waals surface area contributed by atoms with Crippen LogP contribution < -0.4 is 4.72 Å². The second kappa shape index (κ2) is 6.14. The molecule has 1 aromatic rings. The Morgan fingerprint density at radius 2 is 2.05 bits per heavy atom. The van der Waals surface area contributed by atoms with Gasteiger partial charge in [-0.25, -0.2) is 17.9 Å². The molecule has 0 saturated heterocycles. The van der Waals surface area contributed by atoms with Crippen LogP contribution in [0.15, 0.2) is 23.1 Å². The number of aliphatic hydroxyl groups is 1. The van der Waals surface area contributed by atoms with Crippen molar-refractivity contribution in [1.82, 2.24) is 4.72 Å². The first-order valence-corrected chi connectivity index (χ1v) is 7.23. The largest absolute Gasteiger partial charge is 0.478 e. The van der Waals surface area contributed by atoms with Crippen molar-refractivity contribution in [3.63, 3.8) is 0 Å². The second-order valence-corrected chi connectivity index (χ2v) is 6.00. The third-order valence-electron chi connectivity index (χ3n) is 2.64. The Balaban J connectivity index is 3.13. The van der Waals surface area contributed by atoms with Crippen molar-refractivity contribution >= 4 is 16.0 Å². The summed E-state index contributed by atoms with van der Waals surface area (Å²) < 4.78 is 26.7. The molecular weight excluding hydrogens is 270 g/mol. The van der Waals surface area contributed by atoms with Crippen LogP contribution in [0.5, 0.6) is 0 Å². The zero-order chi connectivity index (χ0) is 14.6. The van der Waals surface area contributed by atoms with E-state index >= 15 is 0 Å². The molecule has 0 heterocycles. The summed E-state index contributed by atoms with van der Waals surface area (Å²) in [5, 5.41) is 17.6. The van der Waals surface area contributed by atoms with Crippen LogP contribution in [0, 0.1) is 6.92 Å². The number of sulfonamides is 1. The molecule has 0 bridgehead atoms. The van der Waals surface area contributed by atoms with Crippen LogP contribution in [0.4, 0.5) is 0 Å². The lowest BCUT2D eigenvalue weighted by molar-refractivity contribution is 0.0696. The minimum atomic E-state index is -3.79. The first kappa shape index (κ1) is 15.6. The number of aliphatic hydroxyl groups excluding tert-OH is 1. The van der Waals surface area contributed by atoms with Gasteiger partial charge >= 0.3 is 5.97 Å². The Morgan fingerprint density at radius 3 is 2.58 bits per heavy atom. The Bertz CT molecular complexity index is 567. The lowest BCUT2D eigenvalue weighted by atomic mass is 10.1. The summed E-state index contributed by atoms with van der Waals surface area (Å²) in [6.45, 7) is 3.10. The Morgan fingerprint density at radius 1 is 1.42 bits per heavy atom. The molecule has 0 saturated carbocycles. The molecular formula is C12H17NO5S. The van der Waals surface area contributed by atoms with Gasteiger partial charge in [-0.1, -0.05) is 6.07 Å². The fourth-order valence-corrected chi connectivity index (χ4v) is 3.15. The topological polar surface area (TPSA) is 104 Å². The van der Waals surface area contributed by atoms with Crippen LogP contribution in [0.3, 0.4) is 0 Å².